The highest BCUT2D eigenvalue weighted by Gasteiger charge is 2.13. The molecule has 0 fully saturated rings. The predicted molar refractivity (Wildman–Crippen MR) is 83.0 cm³/mol. The Labute approximate surface area is 124 Å². The summed E-state index contributed by atoms with van der Waals surface area (Å²) in [7, 11) is 0. The first-order valence-corrected chi connectivity index (χ1v) is 7.09. The topological polar surface area (TPSA) is 74.0 Å². The van der Waals surface area contributed by atoms with Crippen LogP contribution in [0.15, 0.2) is 24.3 Å². The van der Waals surface area contributed by atoms with Crippen LogP contribution in [0.1, 0.15) is 25.1 Å². The van der Waals surface area contributed by atoms with Crippen LogP contribution in [0.4, 0.5) is 0 Å². The standard InChI is InChI=1S/C16H21N3O2/c1-10(2)18-16(21)9-17-15(20)8-13-11(3)19-14-7-5-4-6-12(13)14/h4-7,10,19H,8-9H2,1-3H3,(H,17,20)(H,18,21). The number of aromatic amines is 1. The number of carbonyl (C=O) groups excluding carboxylic acids is 2. The Hall–Kier alpha value is -2.30. The first-order valence-electron chi connectivity index (χ1n) is 7.09. The van der Waals surface area contributed by atoms with Crippen LogP contribution >= 0.6 is 0 Å². The molecule has 0 radical (unpaired) electrons. The highest BCUT2D eigenvalue weighted by atomic mass is 16.2. The Balaban J connectivity index is 1.99. The monoisotopic (exact) mass is 287 g/mol. The number of hydrogen-bond donors (Lipinski definition) is 3. The number of hydrogen-bond acceptors (Lipinski definition) is 2. The van der Waals surface area contributed by atoms with Gasteiger partial charge in [0.1, 0.15) is 0 Å². The number of benzene rings is 1. The first kappa shape index (κ1) is 15.1. The van der Waals surface area contributed by atoms with Gasteiger partial charge in [-0.1, -0.05) is 18.2 Å². The molecule has 0 unspecified atom stereocenters. The molecule has 0 aliphatic rings. The van der Waals surface area contributed by atoms with Crippen LogP contribution in [0.3, 0.4) is 0 Å². The maximum Gasteiger partial charge on any atom is 0.239 e. The molecule has 1 aromatic carbocycles. The van der Waals surface area contributed by atoms with Crippen molar-refractivity contribution in [3.63, 3.8) is 0 Å². The summed E-state index contributed by atoms with van der Waals surface area (Å²) in [5.41, 5.74) is 2.99. The molecule has 0 saturated carbocycles. The maximum atomic E-state index is 12.0. The molecule has 2 aromatic rings. The van der Waals surface area contributed by atoms with Crippen molar-refractivity contribution >= 4 is 22.7 Å². The minimum absolute atomic E-state index is 0.0123. The molecule has 0 bridgehead atoms. The predicted octanol–water partition coefficient (Wildman–Crippen LogP) is 1.66. The molecule has 0 aliphatic heterocycles. The largest absolute Gasteiger partial charge is 0.358 e. The van der Waals surface area contributed by atoms with Crippen LogP contribution in [0.25, 0.3) is 10.9 Å². The number of nitrogens with one attached hydrogen (secondary N) is 3. The molecule has 0 atom stereocenters. The van der Waals surface area contributed by atoms with Gasteiger partial charge in [0.25, 0.3) is 0 Å². The van der Waals surface area contributed by atoms with Gasteiger partial charge in [-0.25, -0.2) is 0 Å². The van der Waals surface area contributed by atoms with Crippen LogP contribution in [0.2, 0.25) is 0 Å². The molecule has 112 valence electrons. The van der Waals surface area contributed by atoms with E-state index < -0.39 is 0 Å². The lowest BCUT2D eigenvalue weighted by atomic mass is 10.1. The fraction of sp³-hybridized carbons (Fsp3) is 0.375. The average Bonchev–Trinajstić information content (AvgIpc) is 2.72. The smallest absolute Gasteiger partial charge is 0.239 e. The van der Waals surface area contributed by atoms with E-state index >= 15 is 0 Å². The Morgan fingerprint density at radius 1 is 1.19 bits per heavy atom. The average molecular weight is 287 g/mol. The summed E-state index contributed by atoms with van der Waals surface area (Å²) in [6, 6.07) is 7.96. The highest BCUT2D eigenvalue weighted by Crippen LogP contribution is 2.22. The lowest BCUT2D eigenvalue weighted by molar-refractivity contribution is -0.126. The Morgan fingerprint density at radius 2 is 1.90 bits per heavy atom. The second kappa shape index (κ2) is 6.43. The second-order valence-electron chi connectivity index (χ2n) is 5.45. The third kappa shape index (κ3) is 3.84. The van der Waals surface area contributed by atoms with E-state index in [-0.39, 0.29) is 30.8 Å². The molecule has 2 rings (SSSR count). The Bertz CT molecular complexity index is 659. The van der Waals surface area contributed by atoms with Crippen molar-refractivity contribution in [3.8, 4) is 0 Å². The Kier molecular flexibility index (Phi) is 4.62. The van der Waals surface area contributed by atoms with Gasteiger partial charge < -0.3 is 15.6 Å². The van der Waals surface area contributed by atoms with Crippen LogP contribution in [0.5, 0.6) is 0 Å². The van der Waals surface area contributed by atoms with Gasteiger partial charge in [-0.15, -0.1) is 0 Å². The fourth-order valence-corrected chi connectivity index (χ4v) is 2.34. The normalized spacial score (nSPS) is 10.9. The Morgan fingerprint density at radius 3 is 2.62 bits per heavy atom. The zero-order valence-electron chi connectivity index (χ0n) is 12.6. The van der Waals surface area contributed by atoms with E-state index in [0.29, 0.717) is 0 Å². The van der Waals surface area contributed by atoms with Crippen molar-refractivity contribution < 1.29 is 9.59 Å². The summed E-state index contributed by atoms with van der Waals surface area (Å²) in [6.07, 6.45) is 0.269. The molecule has 2 amide bonds. The van der Waals surface area contributed by atoms with Gasteiger partial charge in [0.2, 0.25) is 11.8 Å². The first-order chi connectivity index (χ1) is 9.97. The number of H-pyrrole nitrogens is 1. The summed E-state index contributed by atoms with van der Waals surface area (Å²) in [5, 5.41) is 6.44. The quantitative estimate of drug-likeness (QED) is 0.782. The molecule has 3 N–H and O–H groups in total. The van der Waals surface area contributed by atoms with Crippen molar-refractivity contribution in [1.82, 2.24) is 15.6 Å². The van der Waals surface area contributed by atoms with Gasteiger partial charge in [0.05, 0.1) is 13.0 Å². The summed E-state index contributed by atoms with van der Waals surface area (Å²) < 4.78 is 0. The number of aromatic nitrogens is 1. The van der Waals surface area contributed by atoms with Crippen LogP contribution in [-0.4, -0.2) is 29.4 Å². The van der Waals surface area contributed by atoms with E-state index in [1.807, 2.05) is 45.0 Å². The molecule has 0 spiro atoms. The van der Waals surface area contributed by atoms with Gasteiger partial charge in [-0.05, 0) is 32.4 Å². The molecule has 0 aliphatic carbocycles. The van der Waals surface area contributed by atoms with Gasteiger partial charge in [0, 0.05) is 22.6 Å². The van der Waals surface area contributed by atoms with E-state index in [4.69, 9.17) is 0 Å². The summed E-state index contributed by atoms with van der Waals surface area (Å²) in [5.74, 6) is -0.323. The molecular weight excluding hydrogens is 266 g/mol. The summed E-state index contributed by atoms with van der Waals surface area (Å²) in [6.45, 7) is 5.73. The fourth-order valence-electron chi connectivity index (χ4n) is 2.34. The van der Waals surface area contributed by atoms with Crippen molar-refractivity contribution in [2.45, 2.75) is 33.2 Å². The molecule has 1 heterocycles. The number of para-hydroxylation sites is 1. The second-order valence-corrected chi connectivity index (χ2v) is 5.45. The zero-order chi connectivity index (χ0) is 15.4. The van der Waals surface area contributed by atoms with Crippen LogP contribution in [-0.2, 0) is 16.0 Å². The van der Waals surface area contributed by atoms with E-state index in [9.17, 15) is 9.59 Å². The van der Waals surface area contributed by atoms with E-state index in [0.717, 1.165) is 22.2 Å². The van der Waals surface area contributed by atoms with Gasteiger partial charge in [0.15, 0.2) is 0 Å². The van der Waals surface area contributed by atoms with Crippen molar-refractivity contribution in [3.05, 3.63) is 35.5 Å². The van der Waals surface area contributed by atoms with Crippen LogP contribution in [0, 0.1) is 6.92 Å². The van der Waals surface area contributed by atoms with E-state index in [1.165, 1.54) is 0 Å². The lowest BCUT2D eigenvalue weighted by Gasteiger charge is -2.09. The number of amides is 2. The number of fused-ring (bicyclic) bond motifs is 1. The minimum Gasteiger partial charge on any atom is -0.358 e. The molecule has 0 saturated heterocycles. The van der Waals surface area contributed by atoms with Crippen molar-refractivity contribution in [1.29, 1.82) is 0 Å². The minimum atomic E-state index is -0.172. The van der Waals surface area contributed by atoms with Gasteiger partial charge in [-0.3, -0.25) is 9.59 Å². The van der Waals surface area contributed by atoms with Gasteiger partial charge >= 0.3 is 0 Å². The highest BCUT2D eigenvalue weighted by molar-refractivity contribution is 5.91. The third-order valence-electron chi connectivity index (χ3n) is 3.26. The van der Waals surface area contributed by atoms with Crippen molar-refractivity contribution in [2.24, 2.45) is 0 Å². The number of aryl methyl sites for hydroxylation is 1. The SMILES string of the molecule is Cc1[nH]c2ccccc2c1CC(=O)NCC(=O)NC(C)C. The lowest BCUT2D eigenvalue weighted by Crippen LogP contribution is -2.40. The molecular formula is C16H21N3O2. The zero-order valence-corrected chi connectivity index (χ0v) is 12.6. The molecule has 21 heavy (non-hydrogen) atoms. The van der Waals surface area contributed by atoms with Crippen LogP contribution < -0.4 is 10.6 Å². The van der Waals surface area contributed by atoms with Crippen molar-refractivity contribution in [2.75, 3.05) is 6.54 Å². The van der Waals surface area contributed by atoms with E-state index in [1.54, 1.807) is 0 Å². The molecule has 5 nitrogen and oxygen atoms in total. The maximum absolute atomic E-state index is 12.0. The third-order valence-corrected chi connectivity index (χ3v) is 3.26. The van der Waals surface area contributed by atoms with E-state index in [2.05, 4.69) is 15.6 Å². The summed E-state index contributed by atoms with van der Waals surface area (Å²) >= 11 is 0. The molecule has 5 heteroatoms. The summed E-state index contributed by atoms with van der Waals surface area (Å²) in [4.78, 5) is 26.8. The molecule has 1 aromatic heterocycles. The number of carbonyl (C=O) groups is 2. The van der Waals surface area contributed by atoms with Gasteiger partial charge in [-0.2, -0.15) is 0 Å². The number of rotatable bonds is 5.